The lowest BCUT2D eigenvalue weighted by molar-refractivity contribution is -0.690. The number of halogens is 1. The Balaban J connectivity index is 1.97. The second-order valence-corrected chi connectivity index (χ2v) is 5.97. The van der Waals surface area contributed by atoms with Crippen molar-refractivity contribution in [2.75, 3.05) is 5.75 Å². The number of nitrogens with two attached hydrogens (primary N) is 1. The first-order chi connectivity index (χ1) is 9.15. The maximum absolute atomic E-state index is 10.9. The van der Waals surface area contributed by atoms with E-state index in [1.54, 1.807) is 17.1 Å². The van der Waals surface area contributed by atoms with Gasteiger partial charge in [-0.3, -0.25) is 0 Å². The summed E-state index contributed by atoms with van der Waals surface area (Å²) in [6.45, 7) is 0. The van der Waals surface area contributed by atoms with Gasteiger partial charge in [-0.15, -0.1) is 0 Å². The predicted molar refractivity (Wildman–Crippen MR) is 72.7 cm³/mol. The van der Waals surface area contributed by atoms with Gasteiger partial charge < -0.3 is 15.2 Å². The molecule has 0 spiro atoms. The van der Waals surface area contributed by atoms with E-state index in [0.29, 0.717) is 10.9 Å². The lowest BCUT2D eigenvalue weighted by Gasteiger charge is -2.12. The number of aromatic nitrogens is 1. The number of benzene rings is 1. The number of quaternary nitrogens is 1. The van der Waals surface area contributed by atoms with Crippen LogP contribution in [0.25, 0.3) is 10.9 Å². The fourth-order valence-corrected chi connectivity index (χ4v) is 3.83. The van der Waals surface area contributed by atoms with Crippen molar-refractivity contribution in [2.45, 2.75) is 11.4 Å². The van der Waals surface area contributed by atoms with E-state index in [4.69, 9.17) is 11.6 Å². The number of carbonyl (C=O) groups is 1. The van der Waals surface area contributed by atoms with Crippen LogP contribution in [0.2, 0.25) is 5.15 Å². The van der Waals surface area contributed by atoms with Crippen molar-refractivity contribution in [2.24, 2.45) is 0 Å². The number of nitrogens with zero attached hydrogens (tertiary/aromatic N) is 1. The van der Waals surface area contributed by atoms with Gasteiger partial charge in [-0.2, -0.15) is 0 Å². The third kappa shape index (κ3) is 2.41. The van der Waals surface area contributed by atoms with Gasteiger partial charge in [0.1, 0.15) is 17.2 Å². The molecule has 2 aromatic rings. The average molecular weight is 295 g/mol. The topological polar surface area (TPSA) is 69.6 Å². The minimum absolute atomic E-state index is 0.0347. The molecule has 0 saturated carbocycles. The summed E-state index contributed by atoms with van der Waals surface area (Å²) in [7, 11) is 0. The van der Waals surface area contributed by atoms with E-state index in [1.165, 1.54) is 0 Å². The Labute approximate surface area is 119 Å². The highest BCUT2D eigenvalue weighted by Crippen LogP contribution is 2.32. The molecule has 2 N–H and O–H groups in total. The molecule has 98 valence electrons. The summed E-state index contributed by atoms with van der Waals surface area (Å²) in [5, 5.41) is 14.1. The maximum atomic E-state index is 10.9. The van der Waals surface area contributed by atoms with Crippen molar-refractivity contribution in [3.8, 4) is 0 Å². The third-order valence-corrected chi connectivity index (χ3v) is 4.80. The summed E-state index contributed by atoms with van der Waals surface area (Å²) >= 11 is 7.76. The Bertz CT molecular complexity index is 650. The number of carboxylic acid groups (broad SMARTS) is 1. The first kappa shape index (κ1) is 12.7. The standard InChI is InChI=1S/C13H11ClN2O2S/c14-11-8(12-16-10(6-19-12)13(17)18)5-7-3-1-2-4-9(7)15-11/h1-5,10,12,16H,6H2,(H,17,18). The zero-order valence-electron chi connectivity index (χ0n) is 9.88. The van der Waals surface area contributed by atoms with Gasteiger partial charge in [0.05, 0.1) is 16.8 Å². The maximum Gasteiger partial charge on any atom is 0.162 e. The largest absolute Gasteiger partial charge is 0.544 e. The van der Waals surface area contributed by atoms with Gasteiger partial charge in [0.25, 0.3) is 0 Å². The first-order valence-corrected chi connectivity index (χ1v) is 7.30. The Morgan fingerprint density at radius 2 is 2.26 bits per heavy atom. The van der Waals surface area contributed by atoms with Gasteiger partial charge in [-0.25, -0.2) is 4.98 Å². The Morgan fingerprint density at radius 3 is 3.00 bits per heavy atom. The molecule has 0 bridgehead atoms. The number of aliphatic carboxylic acids is 1. The highest BCUT2D eigenvalue weighted by molar-refractivity contribution is 7.99. The van der Waals surface area contributed by atoms with Gasteiger partial charge in [0.15, 0.2) is 5.37 Å². The van der Waals surface area contributed by atoms with E-state index >= 15 is 0 Å². The van der Waals surface area contributed by atoms with Crippen LogP contribution in [0.3, 0.4) is 0 Å². The molecule has 1 aliphatic heterocycles. The zero-order chi connectivity index (χ0) is 13.4. The molecular weight excluding hydrogens is 284 g/mol. The van der Waals surface area contributed by atoms with E-state index in [1.807, 2.05) is 30.3 Å². The van der Waals surface area contributed by atoms with Gasteiger partial charge in [0, 0.05) is 5.39 Å². The number of carbonyl (C=O) groups excluding carboxylic acids is 1. The minimum atomic E-state index is -1.03. The fraction of sp³-hybridized carbons (Fsp3) is 0.231. The van der Waals surface area contributed by atoms with Crippen molar-refractivity contribution >= 4 is 40.2 Å². The molecule has 3 rings (SSSR count). The van der Waals surface area contributed by atoms with Crippen molar-refractivity contribution in [3.63, 3.8) is 0 Å². The molecule has 2 heterocycles. The third-order valence-electron chi connectivity index (χ3n) is 3.18. The second kappa shape index (κ2) is 5.00. The number of fused-ring (bicyclic) bond motifs is 1. The molecule has 0 radical (unpaired) electrons. The summed E-state index contributed by atoms with van der Waals surface area (Å²) in [6.07, 6.45) is 0. The molecule has 1 aromatic carbocycles. The van der Waals surface area contributed by atoms with E-state index < -0.39 is 12.0 Å². The zero-order valence-corrected chi connectivity index (χ0v) is 11.4. The number of rotatable bonds is 2. The normalized spacial score (nSPS) is 22.8. The van der Waals surface area contributed by atoms with Gasteiger partial charge >= 0.3 is 0 Å². The average Bonchev–Trinajstić information content (AvgIpc) is 2.87. The predicted octanol–water partition coefficient (Wildman–Crippen LogP) is 0.316. The quantitative estimate of drug-likeness (QED) is 0.810. The van der Waals surface area contributed by atoms with Crippen LogP contribution in [-0.2, 0) is 4.79 Å². The highest BCUT2D eigenvalue weighted by atomic mass is 35.5. The molecule has 19 heavy (non-hydrogen) atoms. The van der Waals surface area contributed by atoms with E-state index in [0.717, 1.165) is 16.5 Å². The number of pyridine rings is 1. The number of para-hydroxylation sites is 1. The van der Waals surface area contributed by atoms with Crippen molar-refractivity contribution in [3.05, 3.63) is 41.0 Å². The molecule has 1 aromatic heterocycles. The van der Waals surface area contributed by atoms with Crippen LogP contribution < -0.4 is 10.4 Å². The molecule has 2 unspecified atom stereocenters. The smallest absolute Gasteiger partial charge is 0.162 e. The molecule has 2 atom stereocenters. The summed E-state index contributed by atoms with van der Waals surface area (Å²) in [5.74, 6) is -0.504. The van der Waals surface area contributed by atoms with Crippen molar-refractivity contribution in [1.82, 2.24) is 4.98 Å². The van der Waals surface area contributed by atoms with Crippen molar-refractivity contribution in [1.29, 1.82) is 0 Å². The summed E-state index contributed by atoms with van der Waals surface area (Å²) in [6, 6.07) is 9.19. The molecule has 1 saturated heterocycles. The number of hydrogen-bond acceptors (Lipinski definition) is 4. The highest BCUT2D eigenvalue weighted by Gasteiger charge is 2.32. The Morgan fingerprint density at radius 1 is 1.47 bits per heavy atom. The molecule has 4 nitrogen and oxygen atoms in total. The Kier molecular flexibility index (Phi) is 3.35. The summed E-state index contributed by atoms with van der Waals surface area (Å²) < 4.78 is 0. The van der Waals surface area contributed by atoms with E-state index in [-0.39, 0.29) is 5.37 Å². The SMILES string of the molecule is O=C([O-])C1CSC(c2cc3ccccc3nc2Cl)[NH2+]1. The van der Waals surface area contributed by atoms with Crippen LogP contribution >= 0.6 is 23.4 Å². The monoisotopic (exact) mass is 294 g/mol. The lowest BCUT2D eigenvalue weighted by atomic mass is 10.1. The van der Waals surface area contributed by atoms with Crippen LogP contribution in [0, 0.1) is 0 Å². The second-order valence-electron chi connectivity index (χ2n) is 4.43. The summed E-state index contributed by atoms with van der Waals surface area (Å²) in [4.78, 5) is 15.2. The van der Waals surface area contributed by atoms with Gasteiger partial charge in [-0.1, -0.05) is 41.6 Å². The van der Waals surface area contributed by atoms with E-state index in [2.05, 4.69) is 4.98 Å². The molecule has 6 heteroatoms. The summed E-state index contributed by atoms with van der Waals surface area (Å²) in [5.41, 5.74) is 1.71. The molecule has 0 aliphatic carbocycles. The molecule has 0 amide bonds. The van der Waals surface area contributed by atoms with Crippen LogP contribution in [0.5, 0.6) is 0 Å². The number of thioether (sulfide) groups is 1. The van der Waals surface area contributed by atoms with Gasteiger partial charge in [0.2, 0.25) is 0 Å². The fourth-order valence-electron chi connectivity index (χ4n) is 2.18. The minimum Gasteiger partial charge on any atom is -0.544 e. The number of hydrogen-bond donors (Lipinski definition) is 1. The van der Waals surface area contributed by atoms with Crippen LogP contribution in [0.1, 0.15) is 10.9 Å². The molecular formula is C13H11ClN2O2S. The number of carboxylic acids is 1. The van der Waals surface area contributed by atoms with Crippen LogP contribution in [0.15, 0.2) is 30.3 Å². The van der Waals surface area contributed by atoms with Crippen molar-refractivity contribution < 1.29 is 15.2 Å². The Hall–Kier alpha value is -1.30. The van der Waals surface area contributed by atoms with Gasteiger partial charge in [-0.05, 0) is 12.1 Å². The van der Waals surface area contributed by atoms with Crippen LogP contribution in [-0.4, -0.2) is 22.7 Å². The first-order valence-electron chi connectivity index (χ1n) is 5.88. The van der Waals surface area contributed by atoms with E-state index in [9.17, 15) is 9.90 Å². The lowest BCUT2D eigenvalue weighted by Crippen LogP contribution is -2.90. The molecule has 1 aliphatic rings. The molecule has 1 fully saturated rings. The van der Waals surface area contributed by atoms with Crippen LogP contribution in [0.4, 0.5) is 0 Å².